The second-order valence-corrected chi connectivity index (χ2v) is 5.13. The Balaban J connectivity index is 2.29. The Bertz CT molecular complexity index is 532. The number of amides is 2. The first-order valence-corrected chi connectivity index (χ1v) is 6.91. The SMILES string of the molecule is CNC(=O)C1CNCCN1c1ccnc(C(=O)N(C)C)c1. The fraction of sp³-hybridized carbons (Fsp3) is 0.500. The smallest absolute Gasteiger partial charge is 0.272 e. The number of hydrogen-bond donors (Lipinski definition) is 2. The number of nitrogens with zero attached hydrogens (tertiary/aromatic N) is 3. The number of piperazine rings is 1. The van der Waals surface area contributed by atoms with E-state index >= 15 is 0 Å². The van der Waals surface area contributed by atoms with Crippen LogP contribution in [0.15, 0.2) is 18.3 Å². The number of carbonyl (C=O) groups is 2. The monoisotopic (exact) mass is 291 g/mol. The molecule has 7 nitrogen and oxygen atoms in total. The molecule has 1 aliphatic rings. The van der Waals surface area contributed by atoms with E-state index < -0.39 is 0 Å². The minimum Gasteiger partial charge on any atom is -0.357 e. The van der Waals surface area contributed by atoms with E-state index in [2.05, 4.69) is 15.6 Å². The van der Waals surface area contributed by atoms with Crippen molar-refractivity contribution in [1.82, 2.24) is 20.5 Å². The molecular weight excluding hydrogens is 270 g/mol. The van der Waals surface area contributed by atoms with E-state index in [0.717, 1.165) is 12.2 Å². The number of aromatic nitrogens is 1. The molecular formula is C14H21N5O2. The van der Waals surface area contributed by atoms with Crippen molar-refractivity contribution in [3.63, 3.8) is 0 Å². The third-order valence-corrected chi connectivity index (χ3v) is 3.49. The molecule has 21 heavy (non-hydrogen) atoms. The van der Waals surface area contributed by atoms with Gasteiger partial charge in [-0.15, -0.1) is 0 Å². The van der Waals surface area contributed by atoms with Crippen molar-refractivity contribution in [3.05, 3.63) is 24.0 Å². The molecule has 0 aliphatic carbocycles. The molecule has 0 saturated carbocycles. The van der Waals surface area contributed by atoms with E-state index in [1.807, 2.05) is 11.0 Å². The summed E-state index contributed by atoms with van der Waals surface area (Å²) in [5.41, 5.74) is 1.22. The highest BCUT2D eigenvalue weighted by Gasteiger charge is 2.28. The van der Waals surface area contributed by atoms with Crippen LogP contribution in [0.25, 0.3) is 0 Å². The summed E-state index contributed by atoms with van der Waals surface area (Å²) >= 11 is 0. The Morgan fingerprint density at radius 2 is 2.24 bits per heavy atom. The molecule has 1 aromatic heterocycles. The topological polar surface area (TPSA) is 77.6 Å². The van der Waals surface area contributed by atoms with Crippen molar-refractivity contribution in [2.45, 2.75) is 6.04 Å². The summed E-state index contributed by atoms with van der Waals surface area (Å²) in [4.78, 5) is 31.6. The van der Waals surface area contributed by atoms with Crippen molar-refractivity contribution >= 4 is 17.5 Å². The Hall–Kier alpha value is -2.15. The predicted molar refractivity (Wildman–Crippen MR) is 80.3 cm³/mol. The van der Waals surface area contributed by atoms with Gasteiger partial charge in [0.05, 0.1) is 0 Å². The molecule has 1 unspecified atom stereocenters. The zero-order valence-corrected chi connectivity index (χ0v) is 12.6. The van der Waals surface area contributed by atoms with E-state index in [1.54, 1.807) is 33.4 Å². The van der Waals surface area contributed by atoms with Crippen molar-refractivity contribution in [1.29, 1.82) is 0 Å². The maximum atomic E-state index is 12.0. The average Bonchev–Trinajstić information content (AvgIpc) is 2.53. The number of rotatable bonds is 3. The van der Waals surface area contributed by atoms with Gasteiger partial charge in [0.2, 0.25) is 5.91 Å². The van der Waals surface area contributed by atoms with Gasteiger partial charge in [0.25, 0.3) is 5.91 Å². The van der Waals surface area contributed by atoms with Crippen LogP contribution in [-0.4, -0.2) is 68.5 Å². The van der Waals surface area contributed by atoms with Gasteiger partial charge in [0.1, 0.15) is 11.7 Å². The van der Waals surface area contributed by atoms with Gasteiger partial charge < -0.3 is 20.4 Å². The molecule has 1 atom stereocenters. The number of pyridine rings is 1. The molecule has 0 bridgehead atoms. The van der Waals surface area contributed by atoms with Crippen LogP contribution in [0, 0.1) is 0 Å². The standard InChI is InChI=1S/C14H21N5O2/c1-15-13(20)12-9-16-6-7-19(12)10-4-5-17-11(8-10)14(21)18(2)3/h4-5,8,12,16H,6-7,9H2,1-3H3,(H,15,20). The van der Waals surface area contributed by atoms with E-state index in [9.17, 15) is 9.59 Å². The molecule has 0 radical (unpaired) electrons. The highest BCUT2D eigenvalue weighted by molar-refractivity contribution is 5.93. The van der Waals surface area contributed by atoms with Gasteiger partial charge in [-0.1, -0.05) is 0 Å². The third kappa shape index (κ3) is 3.30. The fourth-order valence-electron chi connectivity index (χ4n) is 2.36. The second kappa shape index (κ2) is 6.53. The van der Waals surface area contributed by atoms with Crippen molar-refractivity contribution in [3.8, 4) is 0 Å². The molecule has 2 heterocycles. The van der Waals surface area contributed by atoms with Crippen LogP contribution in [0.2, 0.25) is 0 Å². The molecule has 2 rings (SSSR count). The first-order chi connectivity index (χ1) is 10.0. The molecule has 1 aliphatic heterocycles. The Labute approximate surface area is 124 Å². The number of carbonyl (C=O) groups excluding carboxylic acids is 2. The first kappa shape index (κ1) is 15.2. The maximum absolute atomic E-state index is 12.0. The highest BCUT2D eigenvalue weighted by Crippen LogP contribution is 2.19. The zero-order chi connectivity index (χ0) is 15.4. The maximum Gasteiger partial charge on any atom is 0.272 e. The summed E-state index contributed by atoms with van der Waals surface area (Å²) in [6, 6.07) is 3.28. The molecule has 114 valence electrons. The van der Waals surface area contributed by atoms with Gasteiger partial charge in [-0.05, 0) is 12.1 Å². The van der Waals surface area contributed by atoms with Crippen LogP contribution >= 0.6 is 0 Å². The zero-order valence-electron chi connectivity index (χ0n) is 12.6. The fourth-order valence-corrected chi connectivity index (χ4v) is 2.36. The number of nitrogens with one attached hydrogen (secondary N) is 2. The van der Waals surface area contributed by atoms with Gasteiger partial charge >= 0.3 is 0 Å². The lowest BCUT2D eigenvalue weighted by Gasteiger charge is -2.36. The lowest BCUT2D eigenvalue weighted by atomic mass is 10.1. The molecule has 1 aromatic rings. The number of likely N-dealkylation sites (N-methyl/N-ethyl adjacent to an activating group) is 1. The Morgan fingerprint density at radius 1 is 1.48 bits per heavy atom. The minimum absolute atomic E-state index is 0.0421. The van der Waals surface area contributed by atoms with Crippen LogP contribution in [0.4, 0.5) is 5.69 Å². The van der Waals surface area contributed by atoms with Gasteiger partial charge in [-0.2, -0.15) is 0 Å². The highest BCUT2D eigenvalue weighted by atomic mass is 16.2. The molecule has 1 fully saturated rings. The van der Waals surface area contributed by atoms with Gasteiger partial charge in [0, 0.05) is 52.7 Å². The second-order valence-electron chi connectivity index (χ2n) is 5.13. The van der Waals surface area contributed by atoms with Crippen molar-refractivity contribution < 1.29 is 9.59 Å². The van der Waals surface area contributed by atoms with Crippen molar-refractivity contribution in [2.75, 3.05) is 45.7 Å². The van der Waals surface area contributed by atoms with Crippen molar-refractivity contribution in [2.24, 2.45) is 0 Å². The molecule has 7 heteroatoms. The quantitative estimate of drug-likeness (QED) is 0.770. The molecule has 2 amide bonds. The summed E-state index contributed by atoms with van der Waals surface area (Å²) in [5.74, 6) is -0.192. The van der Waals surface area contributed by atoms with E-state index in [0.29, 0.717) is 18.8 Å². The largest absolute Gasteiger partial charge is 0.357 e. The van der Waals surface area contributed by atoms with Crippen LogP contribution < -0.4 is 15.5 Å². The normalized spacial score (nSPS) is 18.2. The summed E-state index contributed by atoms with van der Waals surface area (Å²) in [7, 11) is 5.01. The van der Waals surface area contributed by atoms with Crippen LogP contribution in [0.1, 0.15) is 10.5 Å². The average molecular weight is 291 g/mol. The van der Waals surface area contributed by atoms with Crippen LogP contribution in [0.5, 0.6) is 0 Å². The molecule has 1 saturated heterocycles. The Kier molecular flexibility index (Phi) is 4.74. The Morgan fingerprint density at radius 3 is 2.90 bits per heavy atom. The van der Waals surface area contributed by atoms with E-state index in [1.165, 1.54) is 4.90 Å². The van der Waals surface area contributed by atoms with Gasteiger partial charge in [0.15, 0.2) is 0 Å². The van der Waals surface area contributed by atoms with Gasteiger partial charge in [-0.3, -0.25) is 14.6 Å². The summed E-state index contributed by atoms with van der Waals surface area (Å²) < 4.78 is 0. The predicted octanol–water partition coefficient (Wildman–Crippen LogP) is -0.692. The van der Waals surface area contributed by atoms with Crippen LogP contribution in [-0.2, 0) is 4.79 Å². The molecule has 2 N–H and O–H groups in total. The van der Waals surface area contributed by atoms with Crippen LogP contribution in [0.3, 0.4) is 0 Å². The first-order valence-electron chi connectivity index (χ1n) is 6.91. The summed E-state index contributed by atoms with van der Waals surface area (Å²) in [6.45, 7) is 2.09. The number of anilines is 1. The minimum atomic E-state index is -0.284. The lowest BCUT2D eigenvalue weighted by Crippen LogP contribution is -2.57. The third-order valence-electron chi connectivity index (χ3n) is 3.49. The van der Waals surface area contributed by atoms with E-state index in [-0.39, 0.29) is 17.9 Å². The molecule has 0 spiro atoms. The van der Waals surface area contributed by atoms with Gasteiger partial charge in [-0.25, -0.2) is 0 Å². The summed E-state index contributed by atoms with van der Waals surface area (Å²) in [6.07, 6.45) is 1.61. The lowest BCUT2D eigenvalue weighted by molar-refractivity contribution is -0.122. The number of hydrogen-bond acceptors (Lipinski definition) is 5. The summed E-state index contributed by atoms with van der Waals surface area (Å²) in [5, 5.41) is 5.89. The van der Waals surface area contributed by atoms with E-state index in [4.69, 9.17) is 0 Å². The molecule has 0 aromatic carbocycles.